The van der Waals surface area contributed by atoms with Crippen LogP contribution < -0.4 is 10.1 Å². The van der Waals surface area contributed by atoms with Crippen molar-refractivity contribution in [2.24, 2.45) is 5.92 Å². The van der Waals surface area contributed by atoms with E-state index in [9.17, 15) is 0 Å². The maximum atomic E-state index is 6.05. The second-order valence-electron chi connectivity index (χ2n) is 5.73. The van der Waals surface area contributed by atoms with E-state index in [1.165, 1.54) is 24.8 Å². The average molecular weight is 231 g/mol. The largest absolute Gasteiger partial charge is 0.493 e. The smallest absolute Gasteiger partial charge is 0.123 e. The third-order valence-electron chi connectivity index (χ3n) is 4.17. The first kappa shape index (κ1) is 11.1. The lowest BCUT2D eigenvalue weighted by atomic mass is 9.97. The summed E-state index contributed by atoms with van der Waals surface area (Å²) in [6.45, 7) is 5.46. The van der Waals surface area contributed by atoms with Gasteiger partial charge in [-0.25, -0.2) is 0 Å². The first-order valence-electron chi connectivity index (χ1n) is 6.71. The molecule has 1 aromatic rings. The van der Waals surface area contributed by atoms with Crippen molar-refractivity contribution in [2.75, 3.05) is 19.7 Å². The second kappa shape index (κ2) is 4.34. The molecule has 2 aliphatic rings. The Hall–Kier alpha value is -1.02. The lowest BCUT2D eigenvalue weighted by Crippen LogP contribution is -2.16. The minimum atomic E-state index is 0.393. The van der Waals surface area contributed by atoms with Crippen LogP contribution in [-0.4, -0.2) is 19.7 Å². The molecule has 17 heavy (non-hydrogen) atoms. The van der Waals surface area contributed by atoms with Crippen LogP contribution in [0.15, 0.2) is 24.3 Å². The summed E-state index contributed by atoms with van der Waals surface area (Å²) in [6.07, 6.45) is 3.86. The molecule has 1 saturated heterocycles. The van der Waals surface area contributed by atoms with Gasteiger partial charge >= 0.3 is 0 Å². The molecule has 0 amide bonds. The molecule has 1 aliphatic carbocycles. The number of benzene rings is 1. The molecule has 0 unspecified atom stereocenters. The van der Waals surface area contributed by atoms with E-state index in [0.29, 0.717) is 11.3 Å². The Kier molecular flexibility index (Phi) is 2.83. The van der Waals surface area contributed by atoms with Gasteiger partial charge in [-0.3, -0.25) is 0 Å². The van der Waals surface area contributed by atoms with Gasteiger partial charge in [-0.05, 0) is 37.3 Å². The standard InChI is InChI=1S/C15H21NO/c1-15(7-8-15)13-4-2-3-5-14(13)17-11-12-6-9-16-10-12/h2-5,12,16H,6-11H2,1H3/t12-/m0/s1. The van der Waals surface area contributed by atoms with Crippen LogP contribution in [0, 0.1) is 5.92 Å². The third kappa shape index (κ3) is 2.32. The summed E-state index contributed by atoms with van der Waals surface area (Å²) in [7, 11) is 0. The van der Waals surface area contributed by atoms with Gasteiger partial charge in [0.2, 0.25) is 0 Å². The first-order valence-corrected chi connectivity index (χ1v) is 6.71. The van der Waals surface area contributed by atoms with Gasteiger partial charge in [0.1, 0.15) is 5.75 Å². The minimum Gasteiger partial charge on any atom is -0.493 e. The van der Waals surface area contributed by atoms with Gasteiger partial charge in [-0.15, -0.1) is 0 Å². The Morgan fingerprint density at radius 3 is 2.88 bits per heavy atom. The molecule has 1 aromatic carbocycles. The fourth-order valence-electron chi connectivity index (χ4n) is 2.61. The Labute approximate surface area is 103 Å². The van der Waals surface area contributed by atoms with E-state index in [-0.39, 0.29) is 0 Å². The van der Waals surface area contributed by atoms with Crippen molar-refractivity contribution in [1.82, 2.24) is 5.32 Å². The van der Waals surface area contributed by atoms with Gasteiger partial charge < -0.3 is 10.1 Å². The maximum Gasteiger partial charge on any atom is 0.123 e. The number of nitrogens with one attached hydrogen (secondary N) is 1. The molecular formula is C15H21NO. The van der Waals surface area contributed by atoms with Gasteiger partial charge in [0.05, 0.1) is 6.61 Å². The van der Waals surface area contributed by atoms with E-state index in [2.05, 4.69) is 36.5 Å². The monoisotopic (exact) mass is 231 g/mol. The normalized spacial score (nSPS) is 25.8. The summed E-state index contributed by atoms with van der Waals surface area (Å²) in [4.78, 5) is 0. The predicted octanol–water partition coefficient (Wildman–Crippen LogP) is 2.73. The van der Waals surface area contributed by atoms with E-state index >= 15 is 0 Å². The highest BCUT2D eigenvalue weighted by Gasteiger charge is 2.41. The zero-order chi connectivity index (χ0) is 11.7. The minimum absolute atomic E-state index is 0.393. The highest BCUT2D eigenvalue weighted by molar-refractivity contribution is 5.42. The van der Waals surface area contributed by atoms with Crippen LogP contribution in [-0.2, 0) is 5.41 Å². The molecule has 0 spiro atoms. The second-order valence-corrected chi connectivity index (χ2v) is 5.73. The van der Waals surface area contributed by atoms with Gasteiger partial charge in [-0.2, -0.15) is 0 Å². The number of ether oxygens (including phenoxy) is 1. The van der Waals surface area contributed by atoms with E-state index in [4.69, 9.17) is 4.74 Å². The van der Waals surface area contributed by atoms with E-state index in [0.717, 1.165) is 25.4 Å². The van der Waals surface area contributed by atoms with Crippen LogP contribution >= 0.6 is 0 Å². The molecule has 1 atom stereocenters. The summed E-state index contributed by atoms with van der Waals surface area (Å²) in [6, 6.07) is 8.57. The van der Waals surface area contributed by atoms with Crippen LogP contribution in [0.4, 0.5) is 0 Å². The highest BCUT2D eigenvalue weighted by Crippen LogP contribution is 2.50. The molecule has 2 heteroatoms. The van der Waals surface area contributed by atoms with Crippen molar-refractivity contribution in [1.29, 1.82) is 0 Å². The molecule has 0 bridgehead atoms. The van der Waals surface area contributed by atoms with E-state index in [1.54, 1.807) is 0 Å². The van der Waals surface area contributed by atoms with Crippen LogP contribution in [0.25, 0.3) is 0 Å². The predicted molar refractivity (Wildman–Crippen MR) is 69.5 cm³/mol. The maximum absolute atomic E-state index is 6.05. The lowest BCUT2D eigenvalue weighted by Gasteiger charge is -2.17. The number of hydrogen-bond donors (Lipinski definition) is 1. The van der Waals surface area contributed by atoms with Crippen molar-refractivity contribution in [3.05, 3.63) is 29.8 Å². The fraction of sp³-hybridized carbons (Fsp3) is 0.600. The zero-order valence-corrected chi connectivity index (χ0v) is 10.5. The van der Waals surface area contributed by atoms with Gasteiger partial charge in [0.25, 0.3) is 0 Å². The van der Waals surface area contributed by atoms with Crippen LogP contribution in [0.3, 0.4) is 0 Å². The zero-order valence-electron chi connectivity index (χ0n) is 10.5. The van der Waals surface area contributed by atoms with Crippen LogP contribution in [0.5, 0.6) is 5.75 Å². The first-order chi connectivity index (χ1) is 8.28. The average Bonchev–Trinajstić information content (AvgIpc) is 2.91. The summed E-state index contributed by atoms with van der Waals surface area (Å²) >= 11 is 0. The Balaban J connectivity index is 1.69. The molecule has 1 saturated carbocycles. The SMILES string of the molecule is CC1(c2ccccc2OC[C@H]2CCNC2)CC1. The Morgan fingerprint density at radius 2 is 2.18 bits per heavy atom. The van der Waals surface area contributed by atoms with E-state index in [1.807, 2.05) is 0 Å². The molecule has 92 valence electrons. The van der Waals surface area contributed by atoms with Crippen molar-refractivity contribution < 1.29 is 4.74 Å². The summed E-state index contributed by atoms with van der Waals surface area (Å²) in [5.41, 5.74) is 1.80. The van der Waals surface area contributed by atoms with Crippen molar-refractivity contribution in [3.8, 4) is 5.75 Å². The van der Waals surface area contributed by atoms with Crippen molar-refractivity contribution in [3.63, 3.8) is 0 Å². The lowest BCUT2D eigenvalue weighted by molar-refractivity contribution is 0.256. The number of hydrogen-bond acceptors (Lipinski definition) is 2. The Bertz CT molecular complexity index is 392. The van der Waals surface area contributed by atoms with Gasteiger partial charge in [0, 0.05) is 18.0 Å². The summed E-state index contributed by atoms with van der Waals surface area (Å²) < 4.78 is 6.05. The molecule has 2 nitrogen and oxygen atoms in total. The van der Waals surface area contributed by atoms with Crippen LogP contribution in [0.1, 0.15) is 31.7 Å². The Morgan fingerprint density at radius 1 is 1.35 bits per heavy atom. The molecule has 1 N–H and O–H groups in total. The molecule has 3 rings (SSSR count). The molecule has 1 heterocycles. The quantitative estimate of drug-likeness (QED) is 0.860. The van der Waals surface area contributed by atoms with Gasteiger partial charge in [-0.1, -0.05) is 25.1 Å². The molecular weight excluding hydrogens is 210 g/mol. The molecule has 0 aromatic heterocycles. The summed E-state index contributed by atoms with van der Waals surface area (Å²) in [5.74, 6) is 1.80. The number of rotatable bonds is 4. The van der Waals surface area contributed by atoms with Crippen molar-refractivity contribution >= 4 is 0 Å². The van der Waals surface area contributed by atoms with Gasteiger partial charge in [0.15, 0.2) is 0 Å². The highest BCUT2D eigenvalue weighted by atomic mass is 16.5. The fourth-order valence-corrected chi connectivity index (χ4v) is 2.61. The molecule has 0 radical (unpaired) electrons. The molecule has 1 aliphatic heterocycles. The van der Waals surface area contributed by atoms with E-state index < -0.39 is 0 Å². The van der Waals surface area contributed by atoms with Crippen molar-refractivity contribution in [2.45, 2.75) is 31.6 Å². The number of para-hydroxylation sites is 1. The van der Waals surface area contributed by atoms with Crippen LogP contribution in [0.2, 0.25) is 0 Å². The third-order valence-corrected chi connectivity index (χ3v) is 4.17. The summed E-state index contributed by atoms with van der Waals surface area (Å²) in [5, 5.41) is 3.39. The molecule has 2 fully saturated rings. The topological polar surface area (TPSA) is 21.3 Å².